The summed E-state index contributed by atoms with van der Waals surface area (Å²) in [5.41, 5.74) is 4.70. The summed E-state index contributed by atoms with van der Waals surface area (Å²) in [5, 5.41) is 14.7. The number of fused-ring (bicyclic) bond motifs is 3. The number of carboxylic acid groups (broad SMARTS) is 1. The number of rotatable bonds is 9. The summed E-state index contributed by atoms with van der Waals surface area (Å²) in [6, 6.07) is 16.4. The van der Waals surface area contributed by atoms with Crippen LogP contribution in [0.1, 0.15) is 56.1 Å². The Kier molecular flexibility index (Phi) is 7.50. The van der Waals surface area contributed by atoms with Crippen LogP contribution in [0.15, 0.2) is 48.5 Å². The molecule has 2 amide bonds. The van der Waals surface area contributed by atoms with Crippen LogP contribution in [0.5, 0.6) is 0 Å². The zero-order chi connectivity index (χ0) is 24.1. The third-order valence-corrected chi connectivity index (χ3v) is 6.84. The van der Waals surface area contributed by atoms with E-state index < -0.39 is 12.1 Å². The first kappa shape index (κ1) is 23.8. The fourth-order valence-corrected chi connectivity index (χ4v) is 5.22. The number of amides is 2. The number of hydrogen-bond donors (Lipinski definition) is 3. The lowest BCUT2D eigenvalue weighted by atomic mass is 9.98. The van der Waals surface area contributed by atoms with Gasteiger partial charge in [-0.05, 0) is 53.4 Å². The van der Waals surface area contributed by atoms with E-state index in [4.69, 9.17) is 9.84 Å². The number of hydrogen-bond acceptors (Lipinski definition) is 4. The van der Waals surface area contributed by atoms with E-state index in [1.807, 2.05) is 31.2 Å². The van der Waals surface area contributed by atoms with E-state index in [0.29, 0.717) is 19.4 Å². The van der Waals surface area contributed by atoms with Crippen LogP contribution >= 0.6 is 0 Å². The third-order valence-electron chi connectivity index (χ3n) is 6.84. The number of benzene rings is 2. The molecule has 3 N–H and O–H groups in total. The number of ether oxygens (including phenoxy) is 1. The van der Waals surface area contributed by atoms with Crippen LogP contribution in [0.2, 0.25) is 0 Å². The summed E-state index contributed by atoms with van der Waals surface area (Å²) in [7, 11) is 0. The molecular formula is C27H32N2O5. The van der Waals surface area contributed by atoms with Gasteiger partial charge in [-0.2, -0.15) is 0 Å². The normalized spacial score (nSPS) is 19.7. The summed E-state index contributed by atoms with van der Waals surface area (Å²) in [5.74, 6) is -0.752. The largest absolute Gasteiger partial charge is 0.481 e. The van der Waals surface area contributed by atoms with Crippen LogP contribution in [-0.4, -0.2) is 42.3 Å². The quantitative estimate of drug-likeness (QED) is 0.513. The molecule has 4 rings (SSSR count). The van der Waals surface area contributed by atoms with Gasteiger partial charge in [0.1, 0.15) is 6.61 Å². The zero-order valence-electron chi connectivity index (χ0n) is 19.5. The van der Waals surface area contributed by atoms with Crippen LogP contribution in [-0.2, 0) is 14.3 Å². The van der Waals surface area contributed by atoms with Gasteiger partial charge in [0.05, 0.1) is 0 Å². The number of carboxylic acids is 1. The molecule has 180 valence electrons. The van der Waals surface area contributed by atoms with Crippen molar-refractivity contribution < 1.29 is 24.2 Å². The Morgan fingerprint density at radius 3 is 2.32 bits per heavy atom. The third kappa shape index (κ3) is 5.76. The fourth-order valence-electron chi connectivity index (χ4n) is 5.22. The number of carbonyl (C=O) groups is 3. The Morgan fingerprint density at radius 1 is 1.03 bits per heavy atom. The monoisotopic (exact) mass is 464 g/mol. The highest BCUT2D eigenvalue weighted by Gasteiger charge is 2.29. The molecule has 2 aromatic rings. The van der Waals surface area contributed by atoms with Gasteiger partial charge in [-0.25, -0.2) is 4.79 Å². The van der Waals surface area contributed by atoms with Crippen molar-refractivity contribution in [1.82, 2.24) is 10.6 Å². The van der Waals surface area contributed by atoms with Crippen LogP contribution in [0.3, 0.4) is 0 Å². The summed E-state index contributed by atoms with van der Waals surface area (Å²) in [4.78, 5) is 35.5. The molecule has 7 nitrogen and oxygen atoms in total. The molecule has 1 fully saturated rings. The summed E-state index contributed by atoms with van der Waals surface area (Å²) in [6.07, 6.45) is 2.33. The van der Waals surface area contributed by atoms with Crippen LogP contribution in [0.4, 0.5) is 4.79 Å². The number of alkyl carbamates (subject to hydrolysis) is 1. The summed E-state index contributed by atoms with van der Waals surface area (Å²) < 4.78 is 5.55. The Balaban J connectivity index is 1.19. The molecule has 1 saturated carbocycles. The molecular weight excluding hydrogens is 432 g/mol. The zero-order valence-corrected chi connectivity index (χ0v) is 19.5. The first-order valence-corrected chi connectivity index (χ1v) is 12.0. The van der Waals surface area contributed by atoms with Gasteiger partial charge < -0.3 is 20.5 Å². The highest BCUT2D eigenvalue weighted by molar-refractivity contribution is 5.79. The smallest absolute Gasteiger partial charge is 0.407 e. The predicted octanol–water partition coefficient (Wildman–Crippen LogP) is 4.31. The van der Waals surface area contributed by atoms with Crippen molar-refractivity contribution in [3.05, 3.63) is 59.7 Å². The van der Waals surface area contributed by atoms with Crippen molar-refractivity contribution in [3.63, 3.8) is 0 Å². The minimum absolute atomic E-state index is 0.0118. The second-order valence-corrected chi connectivity index (χ2v) is 9.56. The van der Waals surface area contributed by atoms with Gasteiger partial charge in [-0.15, -0.1) is 0 Å². The molecule has 7 heteroatoms. The molecule has 34 heavy (non-hydrogen) atoms. The van der Waals surface area contributed by atoms with Crippen molar-refractivity contribution in [2.24, 2.45) is 11.8 Å². The second kappa shape index (κ2) is 10.7. The van der Waals surface area contributed by atoms with E-state index in [2.05, 4.69) is 34.9 Å². The summed E-state index contributed by atoms with van der Waals surface area (Å²) in [6.45, 7) is 2.51. The highest BCUT2D eigenvalue weighted by Crippen LogP contribution is 2.44. The average molecular weight is 465 g/mol. The first-order chi connectivity index (χ1) is 16.4. The molecule has 0 aromatic heterocycles. The predicted molar refractivity (Wildman–Crippen MR) is 128 cm³/mol. The van der Waals surface area contributed by atoms with Gasteiger partial charge >= 0.3 is 12.1 Å². The van der Waals surface area contributed by atoms with E-state index in [-0.39, 0.29) is 42.7 Å². The molecule has 0 bridgehead atoms. The lowest BCUT2D eigenvalue weighted by Gasteiger charge is -2.17. The molecule has 3 atom stereocenters. The molecule has 0 saturated heterocycles. The molecule has 0 spiro atoms. The van der Waals surface area contributed by atoms with Gasteiger partial charge in [0.15, 0.2) is 0 Å². The van der Waals surface area contributed by atoms with Gasteiger partial charge in [-0.1, -0.05) is 55.5 Å². The number of aliphatic carboxylic acids is 1. The van der Waals surface area contributed by atoms with E-state index in [9.17, 15) is 14.4 Å². The number of nitrogens with one attached hydrogen (secondary N) is 2. The maximum atomic E-state index is 12.3. The Bertz CT molecular complexity index is 1010. The minimum atomic E-state index is -0.787. The maximum Gasteiger partial charge on any atom is 0.407 e. The number of carbonyl (C=O) groups excluding carboxylic acids is 2. The van der Waals surface area contributed by atoms with Crippen LogP contribution in [0.25, 0.3) is 11.1 Å². The SMILES string of the molecule is CC(CNC(=O)OCC1c2ccccc2-c2ccccc21)CC(=O)N[C@@H]1CC[C@H](CC(=O)O)C1. The standard InChI is InChI=1S/C27H32N2O5/c1-17(12-25(30)29-19-11-10-18(13-19)14-26(31)32)15-28-27(33)34-16-24-22-8-4-2-6-20(22)21-7-3-5-9-23(21)24/h2-9,17-19,24H,10-16H2,1H3,(H,28,33)(H,29,30)(H,31,32)/t17?,18-,19+/m0/s1. The topological polar surface area (TPSA) is 105 Å². The molecule has 2 aromatic carbocycles. The minimum Gasteiger partial charge on any atom is -0.481 e. The van der Waals surface area contributed by atoms with Crippen LogP contribution < -0.4 is 10.6 Å². The van der Waals surface area contributed by atoms with Gasteiger partial charge in [0.25, 0.3) is 0 Å². The second-order valence-electron chi connectivity index (χ2n) is 9.56. The van der Waals surface area contributed by atoms with Gasteiger partial charge in [-0.3, -0.25) is 9.59 Å². The molecule has 0 radical (unpaired) electrons. The highest BCUT2D eigenvalue weighted by atomic mass is 16.5. The fraction of sp³-hybridized carbons (Fsp3) is 0.444. The molecule has 1 unspecified atom stereocenters. The van der Waals surface area contributed by atoms with Gasteiger partial charge in [0.2, 0.25) is 5.91 Å². The maximum absolute atomic E-state index is 12.3. The molecule has 0 heterocycles. The van der Waals surface area contributed by atoms with E-state index >= 15 is 0 Å². The van der Waals surface area contributed by atoms with Gasteiger partial charge in [0, 0.05) is 31.3 Å². The van der Waals surface area contributed by atoms with Crippen molar-refractivity contribution >= 4 is 18.0 Å². The summed E-state index contributed by atoms with van der Waals surface area (Å²) >= 11 is 0. The van der Waals surface area contributed by atoms with Crippen LogP contribution in [0, 0.1) is 11.8 Å². The lowest BCUT2D eigenvalue weighted by Crippen LogP contribution is -2.36. The first-order valence-electron chi connectivity index (χ1n) is 12.0. The Morgan fingerprint density at radius 2 is 1.68 bits per heavy atom. The van der Waals surface area contributed by atoms with E-state index in [1.165, 1.54) is 22.3 Å². The van der Waals surface area contributed by atoms with E-state index in [0.717, 1.165) is 12.8 Å². The lowest BCUT2D eigenvalue weighted by molar-refractivity contribution is -0.138. The molecule has 2 aliphatic rings. The molecule has 0 aliphatic heterocycles. The van der Waals surface area contributed by atoms with E-state index in [1.54, 1.807) is 0 Å². The average Bonchev–Trinajstić information content (AvgIpc) is 3.37. The van der Waals surface area contributed by atoms with Crippen molar-refractivity contribution in [2.75, 3.05) is 13.2 Å². The Labute approximate surface area is 199 Å². The van der Waals surface area contributed by atoms with Crippen molar-refractivity contribution in [2.45, 2.75) is 51.0 Å². The Hall–Kier alpha value is -3.35. The van der Waals surface area contributed by atoms with Crippen molar-refractivity contribution in [3.8, 4) is 11.1 Å². The van der Waals surface area contributed by atoms with Crippen molar-refractivity contribution in [1.29, 1.82) is 0 Å². The molecule has 2 aliphatic carbocycles.